The summed E-state index contributed by atoms with van der Waals surface area (Å²) in [5, 5.41) is 15.8. The van der Waals surface area contributed by atoms with Gasteiger partial charge in [0.25, 0.3) is 15.8 Å². The summed E-state index contributed by atoms with van der Waals surface area (Å²) < 4.78 is 69.3. The van der Waals surface area contributed by atoms with E-state index in [-0.39, 0.29) is 0 Å². The zero-order valence-electron chi connectivity index (χ0n) is 11.6. The topological polar surface area (TPSA) is 158 Å². The van der Waals surface area contributed by atoms with Crippen LogP contribution in [-0.4, -0.2) is 26.3 Å². The number of non-ortho nitro benzene ring substituents is 1. The van der Waals surface area contributed by atoms with Crippen molar-refractivity contribution in [2.75, 3.05) is 0 Å². The fraction of sp³-hybridized carbons (Fsp3) is 0. The van der Waals surface area contributed by atoms with Gasteiger partial charge in [0.1, 0.15) is 10.7 Å². The van der Waals surface area contributed by atoms with Crippen molar-refractivity contribution in [1.29, 1.82) is 0 Å². The van der Waals surface area contributed by atoms with Crippen LogP contribution in [0.25, 0.3) is 11.1 Å². The Bertz CT molecular complexity index is 999. The first-order valence-electron chi connectivity index (χ1n) is 6.00. The smallest absolute Gasteiger partial charge is 0.282 e. The van der Waals surface area contributed by atoms with E-state index >= 15 is 0 Å². The van der Waals surface area contributed by atoms with E-state index in [1.54, 1.807) is 0 Å². The Morgan fingerprint density at radius 2 is 1.67 bits per heavy atom. The quantitative estimate of drug-likeness (QED) is 0.462. The number of hydrogen-bond donors (Lipinski definition) is 2. The second kappa shape index (κ2) is 5.90. The second-order valence-electron chi connectivity index (χ2n) is 4.60. The summed E-state index contributed by atoms with van der Waals surface area (Å²) in [6, 6.07) is 4.80. The van der Waals surface area contributed by atoms with E-state index < -0.39 is 57.5 Å². The lowest BCUT2D eigenvalue weighted by Gasteiger charge is -2.12. The number of nitro groups is 1. The minimum Gasteiger partial charge on any atom is -0.282 e. The molecule has 0 aliphatic carbocycles. The van der Waals surface area contributed by atoms with Gasteiger partial charge in [-0.2, -0.15) is 8.42 Å². The summed E-state index contributed by atoms with van der Waals surface area (Å²) in [5.74, 6) is -1.11. The molecule has 12 heteroatoms. The fourth-order valence-electron chi connectivity index (χ4n) is 2.07. The van der Waals surface area contributed by atoms with Gasteiger partial charge in [0.15, 0.2) is 0 Å². The molecule has 2 aromatic rings. The molecule has 0 aliphatic heterocycles. The lowest BCUT2D eigenvalue weighted by Crippen LogP contribution is -2.15. The fourth-order valence-corrected chi connectivity index (χ4v) is 3.65. The number of nitro benzene ring substituents is 1. The van der Waals surface area contributed by atoms with Crippen molar-refractivity contribution in [2.24, 2.45) is 5.14 Å². The molecule has 2 rings (SSSR count). The number of sulfonamides is 1. The van der Waals surface area contributed by atoms with Gasteiger partial charge in [-0.3, -0.25) is 14.7 Å². The summed E-state index contributed by atoms with van der Waals surface area (Å²) in [6.07, 6.45) is 0. The maximum absolute atomic E-state index is 13.6. The predicted octanol–water partition coefficient (Wildman–Crippen LogP) is 1.30. The molecule has 0 saturated carbocycles. The third kappa shape index (κ3) is 3.56. The molecule has 0 fully saturated rings. The molecule has 0 unspecified atom stereocenters. The molecule has 0 aromatic heterocycles. The van der Waals surface area contributed by atoms with Gasteiger partial charge >= 0.3 is 0 Å². The number of rotatable bonds is 4. The lowest BCUT2D eigenvalue weighted by atomic mass is 10.0. The van der Waals surface area contributed by atoms with E-state index in [0.29, 0.717) is 12.1 Å². The largest absolute Gasteiger partial charge is 0.295 e. The van der Waals surface area contributed by atoms with Gasteiger partial charge in [0.2, 0.25) is 10.0 Å². The Morgan fingerprint density at radius 3 is 2.17 bits per heavy atom. The highest BCUT2D eigenvalue weighted by Gasteiger charge is 2.26. The first kappa shape index (κ1) is 17.9. The molecule has 0 spiro atoms. The van der Waals surface area contributed by atoms with Crippen LogP contribution < -0.4 is 5.14 Å². The Labute approximate surface area is 135 Å². The van der Waals surface area contributed by atoms with Crippen molar-refractivity contribution in [3.63, 3.8) is 0 Å². The normalized spacial score (nSPS) is 12.1. The number of benzene rings is 2. The third-order valence-corrected chi connectivity index (χ3v) is 4.80. The van der Waals surface area contributed by atoms with Crippen molar-refractivity contribution < 1.29 is 30.7 Å². The van der Waals surface area contributed by atoms with E-state index in [9.17, 15) is 35.9 Å². The average molecular weight is 376 g/mol. The molecule has 0 bridgehead atoms. The van der Waals surface area contributed by atoms with Crippen LogP contribution in [0.3, 0.4) is 0 Å². The molecule has 2 aromatic carbocycles. The van der Waals surface area contributed by atoms with E-state index in [1.165, 1.54) is 0 Å². The molecule has 3 N–H and O–H groups in total. The third-order valence-electron chi connectivity index (χ3n) is 2.95. The molecule has 0 radical (unpaired) electrons. The van der Waals surface area contributed by atoms with Crippen LogP contribution in [-0.2, 0) is 20.1 Å². The van der Waals surface area contributed by atoms with Crippen LogP contribution in [0, 0.1) is 15.9 Å². The summed E-state index contributed by atoms with van der Waals surface area (Å²) >= 11 is 0. The van der Waals surface area contributed by atoms with E-state index in [1.807, 2.05) is 0 Å². The molecule has 24 heavy (non-hydrogen) atoms. The monoisotopic (exact) mass is 376 g/mol. The van der Waals surface area contributed by atoms with E-state index in [0.717, 1.165) is 24.3 Å². The Hall–Kier alpha value is -2.41. The lowest BCUT2D eigenvalue weighted by molar-refractivity contribution is -0.385. The molecule has 9 nitrogen and oxygen atoms in total. The second-order valence-corrected chi connectivity index (χ2v) is 7.52. The van der Waals surface area contributed by atoms with Crippen LogP contribution in [0.2, 0.25) is 0 Å². The van der Waals surface area contributed by atoms with E-state index in [2.05, 4.69) is 0 Å². The SMILES string of the molecule is NS(=O)(=O)c1cccc(S(=O)(=O)O)c1-c1cc(F)cc([N+](=O)[O-])c1. The standard InChI is InChI=1S/C12H9FN2O7S2/c13-8-4-7(5-9(6-8)15(16)17)12-10(23(14,18)19)2-1-3-11(12)24(20,21)22/h1-6H,(H2,14,18,19)(H,20,21,22). The summed E-state index contributed by atoms with van der Waals surface area (Å²) in [5.41, 5.74) is -1.85. The number of nitrogens with zero attached hydrogens (tertiary/aromatic N) is 1. The molecule has 0 heterocycles. The molecular formula is C12H9FN2O7S2. The highest BCUT2D eigenvalue weighted by molar-refractivity contribution is 7.89. The van der Waals surface area contributed by atoms with Gasteiger partial charge in [0, 0.05) is 11.6 Å². The van der Waals surface area contributed by atoms with Gasteiger partial charge in [-0.05, 0) is 23.8 Å². The average Bonchev–Trinajstić information content (AvgIpc) is 2.43. The van der Waals surface area contributed by atoms with Crippen LogP contribution in [0.1, 0.15) is 0 Å². The number of primary sulfonamides is 1. The molecule has 128 valence electrons. The van der Waals surface area contributed by atoms with Gasteiger partial charge in [-0.25, -0.2) is 17.9 Å². The number of nitrogens with two attached hydrogens (primary N) is 1. The molecular weight excluding hydrogens is 367 g/mol. The first-order valence-corrected chi connectivity index (χ1v) is 8.98. The molecule has 0 saturated heterocycles. The van der Waals surface area contributed by atoms with Crippen molar-refractivity contribution in [2.45, 2.75) is 9.79 Å². The minimum absolute atomic E-state index is 0.445. The van der Waals surface area contributed by atoms with Gasteiger partial charge < -0.3 is 0 Å². The summed E-state index contributed by atoms with van der Waals surface area (Å²) in [6.45, 7) is 0. The molecule has 0 aliphatic rings. The number of hydrogen-bond acceptors (Lipinski definition) is 6. The highest BCUT2D eigenvalue weighted by atomic mass is 32.2. The van der Waals surface area contributed by atoms with Gasteiger partial charge in [-0.1, -0.05) is 6.07 Å². The summed E-state index contributed by atoms with van der Waals surface area (Å²) in [7, 11) is -9.40. The van der Waals surface area contributed by atoms with Crippen LogP contribution >= 0.6 is 0 Å². The Balaban J connectivity index is 3.00. The van der Waals surface area contributed by atoms with Crippen LogP contribution in [0.5, 0.6) is 0 Å². The first-order chi connectivity index (χ1) is 10.9. The molecule has 0 amide bonds. The van der Waals surface area contributed by atoms with Crippen LogP contribution in [0.15, 0.2) is 46.2 Å². The summed E-state index contributed by atoms with van der Waals surface area (Å²) in [4.78, 5) is 8.26. The van der Waals surface area contributed by atoms with Crippen molar-refractivity contribution in [3.05, 3.63) is 52.3 Å². The van der Waals surface area contributed by atoms with Gasteiger partial charge in [0.05, 0.1) is 15.9 Å². The maximum atomic E-state index is 13.6. The highest BCUT2D eigenvalue weighted by Crippen LogP contribution is 2.35. The zero-order valence-corrected chi connectivity index (χ0v) is 13.2. The minimum atomic E-state index is -4.92. The van der Waals surface area contributed by atoms with Crippen molar-refractivity contribution in [1.82, 2.24) is 0 Å². The van der Waals surface area contributed by atoms with E-state index in [4.69, 9.17) is 5.14 Å². The zero-order chi connectivity index (χ0) is 18.3. The predicted molar refractivity (Wildman–Crippen MR) is 79.7 cm³/mol. The van der Waals surface area contributed by atoms with Crippen molar-refractivity contribution in [3.8, 4) is 11.1 Å². The Morgan fingerprint density at radius 1 is 1.08 bits per heavy atom. The van der Waals surface area contributed by atoms with Crippen molar-refractivity contribution >= 4 is 25.8 Å². The number of halogens is 1. The van der Waals surface area contributed by atoms with Gasteiger partial charge in [-0.15, -0.1) is 0 Å². The van der Waals surface area contributed by atoms with Crippen LogP contribution in [0.4, 0.5) is 10.1 Å². The molecule has 0 atom stereocenters. The Kier molecular flexibility index (Phi) is 4.41. The maximum Gasteiger partial charge on any atom is 0.295 e.